The van der Waals surface area contributed by atoms with Gasteiger partial charge in [-0.3, -0.25) is 4.79 Å². The summed E-state index contributed by atoms with van der Waals surface area (Å²) in [6.45, 7) is 4.29. The first-order valence-electron chi connectivity index (χ1n) is 8.46. The number of ether oxygens (including phenoxy) is 1. The van der Waals surface area contributed by atoms with Crippen molar-refractivity contribution >= 4 is 36.5 Å². The summed E-state index contributed by atoms with van der Waals surface area (Å²) in [5, 5.41) is 5.91. The van der Waals surface area contributed by atoms with Gasteiger partial charge in [-0.15, -0.1) is 24.8 Å². The third-order valence-corrected chi connectivity index (χ3v) is 4.00. The maximum absolute atomic E-state index is 11.7. The Morgan fingerprint density at radius 1 is 1.20 bits per heavy atom. The Morgan fingerprint density at radius 3 is 2.52 bits per heavy atom. The van der Waals surface area contributed by atoms with E-state index in [0.29, 0.717) is 26.2 Å². The SMILES string of the molecule is COCCNCC(=O)NCc1ccc(N2CCCCCC2)nc1.Cl.Cl. The fourth-order valence-electron chi connectivity index (χ4n) is 2.65. The van der Waals surface area contributed by atoms with Crippen LogP contribution in [0, 0.1) is 0 Å². The van der Waals surface area contributed by atoms with Gasteiger partial charge in [-0.1, -0.05) is 18.9 Å². The molecule has 0 unspecified atom stereocenters. The number of amides is 1. The summed E-state index contributed by atoms with van der Waals surface area (Å²) >= 11 is 0. The van der Waals surface area contributed by atoms with Crippen LogP contribution in [0.2, 0.25) is 0 Å². The summed E-state index contributed by atoms with van der Waals surface area (Å²) < 4.78 is 4.92. The molecule has 6 nitrogen and oxygen atoms in total. The van der Waals surface area contributed by atoms with Gasteiger partial charge < -0.3 is 20.3 Å². The van der Waals surface area contributed by atoms with Crippen molar-refractivity contribution in [1.29, 1.82) is 0 Å². The molecule has 2 heterocycles. The van der Waals surface area contributed by atoms with E-state index < -0.39 is 0 Å². The number of aromatic nitrogens is 1. The lowest BCUT2D eigenvalue weighted by Gasteiger charge is -2.21. The van der Waals surface area contributed by atoms with Crippen LogP contribution in [-0.2, 0) is 16.1 Å². The van der Waals surface area contributed by atoms with Crippen LogP contribution in [0.1, 0.15) is 31.2 Å². The van der Waals surface area contributed by atoms with Crippen molar-refractivity contribution in [3.63, 3.8) is 0 Å². The Hall–Kier alpha value is -1.08. The van der Waals surface area contributed by atoms with E-state index in [9.17, 15) is 4.79 Å². The van der Waals surface area contributed by atoms with E-state index in [1.54, 1.807) is 7.11 Å². The highest BCUT2D eigenvalue weighted by Crippen LogP contribution is 2.17. The van der Waals surface area contributed by atoms with Crippen LogP contribution in [0.4, 0.5) is 5.82 Å². The number of anilines is 1. The number of hydrogen-bond acceptors (Lipinski definition) is 5. The molecule has 144 valence electrons. The van der Waals surface area contributed by atoms with E-state index >= 15 is 0 Å². The summed E-state index contributed by atoms with van der Waals surface area (Å²) in [4.78, 5) is 18.6. The second-order valence-corrected chi connectivity index (χ2v) is 5.87. The Bertz CT molecular complexity index is 466. The first-order valence-corrected chi connectivity index (χ1v) is 8.46. The van der Waals surface area contributed by atoms with Gasteiger partial charge in [0.25, 0.3) is 0 Å². The Balaban J connectivity index is 0.00000288. The molecule has 1 aromatic rings. The summed E-state index contributed by atoms with van der Waals surface area (Å²) in [5.74, 6) is 1.03. The summed E-state index contributed by atoms with van der Waals surface area (Å²) in [5.41, 5.74) is 1.02. The number of halogens is 2. The Morgan fingerprint density at radius 2 is 1.92 bits per heavy atom. The lowest BCUT2D eigenvalue weighted by molar-refractivity contribution is -0.120. The summed E-state index contributed by atoms with van der Waals surface area (Å²) in [6, 6.07) is 4.11. The lowest BCUT2D eigenvalue weighted by Crippen LogP contribution is -2.34. The Kier molecular flexibility index (Phi) is 13.5. The van der Waals surface area contributed by atoms with Crippen molar-refractivity contribution in [3.05, 3.63) is 23.9 Å². The number of carbonyl (C=O) groups is 1. The van der Waals surface area contributed by atoms with Gasteiger partial charge in [0.15, 0.2) is 0 Å². The van der Waals surface area contributed by atoms with Crippen LogP contribution in [0.5, 0.6) is 0 Å². The number of nitrogens with zero attached hydrogens (tertiary/aromatic N) is 2. The molecule has 25 heavy (non-hydrogen) atoms. The van der Waals surface area contributed by atoms with Gasteiger partial charge >= 0.3 is 0 Å². The number of rotatable bonds is 8. The molecule has 1 saturated heterocycles. The van der Waals surface area contributed by atoms with Crippen molar-refractivity contribution in [2.75, 3.05) is 44.8 Å². The van der Waals surface area contributed by atoms with Crippen molar-refractivity contribution < 1.29 is 9.53 Å². The number of hydrogen-bond donors (Lipinski definition) is 2. The zero-order valence-electron chi connectivity index (χ0n) is 14.8. The third kappa shape index (κ3) is 9.26. The third-order valence-electron chi connectivity index (χ3n) is 4.00. The van der Waals surface area contributed by atoms with E-state index in [4.69, 9.17) is 4.74 Å². The maximum atomic E-state index is 11.7. The predicted octanol–water partition coefficient (Wildman–Crippen LogP) is 2.16. The second-order valence-electron chi connectivity index (χ2n) is 5.87. The van der Waals surface area contributed by atoms with Crippen LogP contribution in [-0.4, -0.2) is 50.8 Å². The fourth-order valence-corrected chi connectivity index (χ4v) is 2.65. The van der Waals surface area contributed by atoms with Gasteiger partial charge in [-0.25, -0.2) is 4.98 Å². The van der Waals surface area contributed by atoms with Gasteiger partial charge in [0.2, 0.25) is 5.91 Å². The van der Waals surface area contributed by atoms with Gasteiger partial charge in [0.05, 0.1) is 13.2 Å². The van der Waals surface area contributed by atoms with E-state index in [1.807, 2.05) is 12.3 Å². The van der Waals surface area contributed by atoms with E-state index in [0.717, 1.165) is 24.5 Å². The standard InChI is InChI=1S/C17H28N4O2.2ClH/c1-23-11-8-18-14-17(22)20-13-15-6-7-16(19-12-15)21-9-4-2-3-5-10-21;;/h6-7,12,18H,2-5,8-11,13-14H2,1H3,(H,20,22);2*1H. The highest BCUT2D eigenvalue weighted by molar-refractivity contribution is 5.85. The van der Waals surface area contributed by atoms with Crippen LogP contribution in [0.15, 0.2) is 18.3 Å². The minimum Gasteiger partial charge on any atom is -0.383 e. The normalized spacial score (nSPS) is 14.0. The summed E-state index contributed by atoms with van der Waals surface area (Å²) in [7, 11) is 1.64. The first kappa shape index (κ1) is 23.9. The molecule has 1 aromatic heterocycles. The number of nitrogens with one attached hydrogen (secondary N) is 2. The monoisotopic (exact) mass is 392 g/mol. The van der Waals surface area contributed by atoms with Gasteiger partial charge in [0, 0.05) is 39.5 Å². The molecular weight excluding hydrogens is 363 g/mol. The van der Waals surface area contributed by atoms with Crippen molar-refractivity contribution in [1.82, 2.24) is 15.6 Å². The number of carbonyl (C=O) groups excluding carboxylic acids is 1. The first-order chi connectivity index (χ1) is 11.3. The maximum Gasteiger partial charge on any atom is 0.234 e. The van der Waals surface area contributed by atoms with Crippen molar-refractivity contribution in [3.8, 4) is 0 Å². The largest absolute Gasteiger partial charge is 0.383 e. The minimum absolute atomic E-state index is 0. The molecule has 1 aliphatic heterocycles. The molecule has 1 aliphatic rings. The van der Waals surface area contributed by atoms with Gasteiger partial charge in [0.1, 0.15) is 5.82 Å². The van der Waals surface area contributed by atoms with Crippen molar-refractivity contribution in [2.45, 2.75) is 32.2 Å². The quantitative estimate of drug-likeness (QED) is 0.663. The average Bonchev–Trinajstić information content (AvgIpc) is 2.87. The minimum atomic E-state index is -0.0160. The molecule has 0 bridgehead atoms. The lowest BCUT2D eigenvalue weighted by atomic mass is 10.2. The van der Waals surface area contributed by atoms with Crippen LogP contribution >= 0.6 is 24.8 Å². The van der Waals surface area contributed by atoms with E-state index in [-0.39, 0.29) is 30.7 Å². The van der Waals surface area contributed by atoms with Crippen LogP contribution in [0.3, 0.4) is 0 Å². The average molecular weight is 393 g/mol. The molecular formula is C17H30Cl2N4O2. The smallest absolute Gasteiger partial charge is 0.234 e. The van der Waals surface area contributed by atoms with Crippen molar-refractivity contribution in [2.24, 2.45) is 0 Å². The molecule has 1 amide bonds. The molecule has 0 spiro atoms. The number of methoxy groups -OCH3 is 1. The van der Waals surface area contributed by atoms with Gasteiger partial charge in [-0.05, 0) is 24.5 Å². The molecule has 0 atom stereocenters. The topological polar surface area (TPSA) is 66.5 Å². The fraction of sp³-hybridized carbons (Fsp3) is 0.647. The molecule has 2 rings (SSSR count). The molecule has 1 fully saturated rings. The highest BCUT2D eigenvalue weighted by Gasteiger charge is 2.10. The highest BCUT2D eigenvalue weighted by atomic mass is 35.5. The number of pyridine rings is 1. The molecule has 0 aromatic carbocycles. The van der Waals surface area contributed by atoms with E-state index in [2.05, 4.69) is 26.6 Å². The zero-order valence-corrected chi connectivity index (χ0v) is 16.5. The van der Waals surface area contributed by atoms with Crippen LogP contribution < -0.4 is 15.5 Å². The van der Waals surface area contributed by atoms with Gasteiger partial charge in [-0.2, -0.15) is 0 Å². The Labute approximate surface area is 162 Å². The molecule has 2 N–H and O–H groups in total. The summed E-state index contributed by atoms with van der Waals surface area (Å²) in [6.07, 6.45) is 6.99. The molecule has 0 saturated carbocycles. The van der Waals surface area contributed by atoms with Crippen LogP contribution in [0.25, 0.3) is 0 Å². The zero-order chi connectivity index (χ0) is 16.3. The van der Waals surface area contributed by atoms with E-state index in [1.165, 1.54) is 25.7 Å². The molecule has 8 heteroatoms. The molecule has 0 radical (unpaired) electrons. The predicted molar refractivity (Wildman–Crippen MR) is 106 cm³/mol. The molecule has 0 aliphatic carbocycles. The second kappa shape index (κ2) is 14.1.